The third-order valence-corrected chi connectivity index (χ3v) is 6.61. The second-order valence-electron chi connectivity index (χ2n) is 7.51. The van der Waals surface area contributed by atoms with Gasteiger partial charge in [0.05, 0.1) is 16.9 Å². The second kappa shape index (κ2) is 8.89. The maximum Gasteiger partial charge on any atom is 0.261 e. The van der Waals surface area contributed by atoms with Crippen LogP contribution in [-0.4, -0.2) is 20.9 Å². The van der Waals surface area contributed by atoms with Crippen molar-refractivity contribution in [2.75, 3.05) is 16.6 Å². The minimum Gasteiger partial charge on any atom is -0.326 e. The molecule has 2 unspecified atom stereocenters. The van der Waals surface area contributed by atoms with E-state index >= 15 is 0 Å². The SMILES string of the molecule is Cc1ccc(S(=O)(=O)Nc2ccc(NC(=O)C3CNNC3c3ccccc3)cc2)cc1. The number of nitrogens with one attached hydrogen (secondary N) is 4. The number of anilines is 2. The van der Waals surface area contributed by atoms with Gasteiger partial charge in [0.2, 0.25) is 5.91 Å². The summed E-state index contributed by atoms with van der Waals surface area (Å²) in [5, 5.41) is 2.92. The van der Waals surface area contributed by atoms with E-state index in [-0.39, 0.29) is 22.8 Å². The van der Waals surface area contributed by atoms with Gasteiger partial charge in [-0.3, -0.25) is 14.9 Å². The Kier molecular flexibility index (Phi) is 6.03. The third kappa shape index (κ3) is 4.93. The Hall–Kier alpha value is -3.20. The summed E-state index contributed by atoms with van der Waals surface area (Å²) in [6.45, 7) is 2.41. The number of amides is 1. The fraction of sp³-hybridized carbons (Fsp3) is 0.174. The Balaban J connectivity index is 1.41. The zero-order valence-electron chi connectivity index (χ0n) is 17.0. The van der Waals surface area contributed by atoms with Crippen molar-refractivity contribution in [3.8, 4) is 0 Å². The van der Waals surface area contributed by atoms with Crippen molar-refractivity contribution in [1.82, 2.24) is 10.9 Å². The van der Waals surface area contributed by atoms with E-state index < -0.39 is 10.0 Å². The van der Waals surface area contributed by atoms with Crippen LogP contribution in [0.2, 0.25) is 0 Å². The molecule has 3 aromatic rings. The van der Waals surface area contributed by atoms with Crippen LogP contribution >= 0.6 is 0 Å². The molecule has 1 heterocycles. The van der Waals surface area contributed by atoms with E-state index in [9.17, 15) is 13.2 Å². The Morgan fingerprint density at radius 3 is 2.23 bits per heavy atom. The molecule has 3 aromatic carbocycles. The van der Waals surface area contributed by atoms with Crippen molar-refractivity contribution < 1.29 is 13.2 Å². The van der Waals surface area contributed by atoms with Crippen LogP contribution in [0.25, 0.3) is 0 Å². The first-order valence-corrected chi connectivity index (χ1v) is 11.4. The molecule has 2 atom stereocenters. The molecule has 4 rings (SSSR count). The molecule has 0 bridgehead atoms. The highest BCUT2D eigenvalue weighted by molar-refractivity contribution is 7.92. The standard InChI is InChI=1S/C23H24N4O3S/c1-16-7-13-20(14-8-16)31(29,30)27-19-11-9-18(10-12-19)25-23(28)21-15-24-26-22(21)17-5-3-2-4-6-17/h2-14,21-22,24,26-27H,15H2,1H3,(H,25,28). The number of benzene rings is 3. The van der Waals surface area contributed by atoms with E-state index in [4.69, 9.17) is 0 Å². The lowest BCUT2D eigenvalue weighted by molar-refractivity contribution is -0.119. The molecule has 0 aliphatic carbocycles. The first-order valence-electron chi connectivity index (χ1n) is 9.96. The van der Waals surface area contributed by atoms with Gasteiger partial charge >= 0.3 is 0 Å². The predicted molar refractivity (Wildman–Crippen MR) is 121 cm³/mol. The molecule has 1 amide bonds. The average molecular weight is 437 g/mol. The van der Waals surface area contributed by atoms with E-state index in [2.05, 4.69) is 20.9 Å². The van der Waals surface area contributed by atoms with Crippen LogP contribution in [0.1, 0.15) is 17.2 Å². The highest BCUT2D eigenvalue weighted by atomic mass is 32.2. The summed E-state index contributed by atoms with van der Waals surface area (Å²) in [5.74, 6) is -0.388. The van der Waals surface area contributed by atoms with Crippen LogP contribution in [0, 0.1) is 12.8 Å². The van der Waals surface area contributed by atoms with Gasteiger partial charge in [0, 0.05) is 17.9 Å². The molecular formula is C23H24N4O3S. The van der Waals surface area contributed by atoms with Gasteiger partial charge in [0.1, 0.15) is 0 Å². The molecule has 160 valence electrons. The third-order valence-electron chi connectivity index (χ3n) is 5.21. The Morgan fingerprint density at radius 2 is 1.55 bits per heavy atom. The molecule has 0 saturated carbocycles. The van der Waals surface area contributed by atoms with Gasteiger partial charge in [0.15, 0.2) is 0 Å². The monoisotopic (exact) mass is 436 g/mol. The average Bonchev–Trinajstić information content (AvgIpc) is 3.26. The Morgan fingerprint density at radius 1 is 0.903 bits per heavy atom. The van der Waals surface area contributed by atoms with E-state index in [0.717, 1.165) is 11.1 Å². The van der Waals surface area contributed by atoms with Gasteiger partial charge < -0.3 is 5.32 Å². The maximum atomic E-state index is 12.8. The van der Waals surface area contributed by atoms with E-state index in [1.54, 1.807) is 48.5 Å². The smallest absolute Gasteiger partial charge is 0.261 e. The molecule has 0 spiro atoms. The highest BCUT2D eigenvalue weighted by Crippen LogP contribution is 2.26. The quantitative estimate of drug-likeness (QED) is 0.476. The lowest BCUT2D eigenvalue weighted by Gasteiger charge is -2.18. The summed E-state index contributed by atoms with van der Waals surface area (Å²) >= 11 is 0. The molecule has 1 saturated heterocycles. The Bertz CT molecular complexity index is 1150. The molecule has 7 nitrogen and oxygen atoms in total. The fourth-order valence-corrected chi connectivity index (χ4v) is 4.56. The van der Waals surface area contributed by atoms with Crippen LogP contribution in [-0.2, 0) is 14.8 Å². The van der Waals surface area contributed by atoms with Crippen LogP contribution in [0.4, 0.5) is 11.4 Å². The molecule has 1 aliphatic heterocycles. The first-order chi connectivity index (χ1) is 14.9. The number of hydrogen-bond donors (Lipinski definition) is 4. The summed E-state index contributed by atoms with van der Waals surface area (Å²) < 4.78 is 27.6. The topological polar surface area (TPSA) is 99.3 Å². The van der Waals surface area contributed by atoms with Crippen molar-refractivity contribution in [3.05, 3.63) is 90.0 Å². The molecular weight excluding hydrogens is 412 g/mol. The fourth-order valence-electron chi connectivity index (χ4n) is 3.51. The predicted octanol–water partition coefficient (Wildman–Crippen LogP) is 3.20. The minimum atomic E-state index is -3.67. The number of sulfonamides is 1. The maximum absolute atomic E-state index is 12.8. The minimum absolute atomic E-state index is 0.112. The molecule has 1 fully saturated rings. The van der Waals surface area contributed by atoms with Gasteiger partial charge in [-0.05, 0) is 48.9 Å². The number of carbonyl (C=O) groups excluding carboxylic acids is 1. The van der Waals surface area contributed by atoms with Crippen molar-refractivity contribution in [3.63, 3.8) is 0 Å². The first kappa shape index (κ1) is 21.0. The van der Waals surface area contributed by atoms with Gasteiger partial charge in [-0.25, -0.2) is 13.8 Å². The molecule has 1 aliphatic rings. The summed E-state index contributed by atoms with van der Waals surface area (Å²) in [4.78, 5) is 13.0. The van der Waals surface area contributed by atoms with Crippen molar-refractivity contribution in [2.45, 2.75) is 17.9 Å². The van der Waals surface area contributed by atoms with Gasteiger partial charge in [-0.15, -0.1) is 0 Å². The van der Waals surface area contributed by atoms with Gasteiger partial charge in [-0.2, -0.15) is 0 Å². The van der Waals surface area contributed by atoms with Crippen molar-refractivity contribution in [1.29, 1.82) is 0 Å². The van der Waals surface area contributed by atoms with Gasteiger partial charge in [0.25, 0.3) is 10.0 Å². The zero-order valence-corrected chi connectivity index (χ0v) is 17.8. The summed E-state index contributed by atoms with van der Waals surface area (Å²) in [5.41, 5.74) is 9.25. The van der Waals surface area contributed by atoms with Gasteiger partial charge in [-0.1, -0.05) is 48.0 Å². The van der Waals surface area contributed by atoms with Crippen LogP contribution in [0.3, 0.4) is 0 Å². The Labute approximate surface area is 181 Å². The zero-order chi connectivity index (χ0) is 21.8. The summed E-state index contributed by atoms with van der Waals surface area (Å²) in [6.07, 6.45) is 0. The van der Waals surface area contributed by atoms with E-state index in [0.29, 0.717) is 17.9 Å². The second-order valence-corrected chi connectivity index (χ2v) is 9.19. The summed E-state index contributed by atoms with van der Waals surface area (Å²) in [7, 11) is -3.67. The largest absolute Gasteiger partial charge is 0.326 e. The number of carbonyl (C=O) groups is 1. The molecule has 0 radical (unpaired) electrons. The summed E-state index contributed by atoms with van der Waals surface area (Å²) in [6, 6.07) is 22.9. The molecule has 31 heavy (non-hydrogen) atoms. The normalized spacial score (nSPS) is 18.5. The lowest BCUT2D eigenvalue weighted by Crippen LogP contribution is -2.29. The molecule has 0 aromatic heterocycles. The number of hydrazine groups is 1. The van der Waals surface area contributed by atoms with E-state index in [1.165, 1.54) is 0 Å². The highest BCUT2D eigenvalue weighted by Gasteiger charge is 2.33. The van der Waals surface area contributed by atoms with Crippen LogP contribution in [0.5, 0.6) is 0 Å². The van der Waals surface area contributed by atoms with Crippen LogP contribution in [0.15, 0.2) is 83.8 Å². The molecule has 4 N–H and O–H groups in total. The van der Waals surface area contributed by atoms with Crippen LogP contribution < -0.4 is 20.9 Å². The number of aryl methyl sites for hydroxylation is 1. The van der Waals surface area contributed by atoms with E-state index in [1.807, 2.05) is 37.3 Å². The molecule has 8 heteroatoms. The van der Waals surface area contributed by atoms with Crippen molar-refractivity contribution >= 4 is 27.3 Å². The number of rotatable bonds is 6. The van der Waals surface area contributed by atoms with Crippen molar-refractivity contribution in [2.24, 2.45) is 5.92 Å². The lowest BCUT2D eigenvalue weighted by atomic mass is 9.94. The number of hydrogen-bond acceptors (Lipinski definition) is 5.